The fourth-order valence-electron chi connectivity index (χ4n) is 2.83. The van der Waals surface area contributed by atoms with Gasteiger partial charge in [0.25, 0.3) is 5.97 Å². The lowest BCUT2D eigenvalue weighted by Crippen LogP contribution is -2.29. The second-order valence-corrected chi connectivity index (χ2v) is 7.09. The van der Waals surface area contributed by atoms with Crippen molar-refractivity contribution in [3.8, 4) is 5.75 Å². The number of aliphatic carboxylic acids is 1. The Kier molecular flexibility index (Phi) is 7.08. The fourth-order valence-corrected chi connectivity index (χ4v) is 3.40. The van der Waals surface area contributed by atoms with Crippen LogP contribution in [0.15, 0.2) is 30.3 Å². The third-order valence-corrected chi connectivity index (χ3v) is 5.11. The summed E-state index contributed by atoms with van der Waals surface area (Å²) in [5.41, 5.74) is 1.09. The lowest BCUT2D eigenvalue weighted by atomic mass is 9.79. The van der Waals surface area contributed by atoms with Crippen LogP contribution in [0.4, 0.5) is 0 Å². The minimum absolute atomic E-state index is 0. The molecule has 2 aromatic rings. The van der Waals surface area contributed by atoms with Gasteiger partial charge in [0.1, 0.15) is 5.02 Å². The number of hydrogen-bond donors (Lipinski definition) is 1. The average molecular weight is 419 g/mol. The van der Waals surface area contributed by atoms with Gasteiger partial charge in [0.2, 0.25) is 0 Å². The number of hydrogen-bond acceptors (Lipinski definition) is 2. The van der Waals surface area contributed by atoms with Gasteiger partial charge in [0.05, 0.1) is 10.4 Å². The van der Waals surface area contributed by atoms with Gasteiger partial charge in [-0.15, -0.1) is 0 Å². The summed E-state index contributed by atoms with van der Waals surface area (Å²) >= 11 is 17.9. The molecule has 8 heteroatoms. The molecule has 3 rings (SSSR count). The zero-order chi connectivity index (χ0) is 18.9. The van der Waals surface area contributed by atoms with Crippen LogP contribution in [0.5, 0.6) is 5.75 Å². The van der Waals surface area contributed by atoms with Gasteiger partial charge in [-0.2, -0.15) is 0 Å². The van der Waals surface area contributed by atoms with Gasteiger partial charge in [0.15, 0.2) is 11.5 Å². The highest BCUT2D eigenvalue weighted by Crippen LogP contribution is 2.47. The first-order valence-electron chi connectivity index (χ1n) is 7.26. The van der Waals surface area contributed by atoms with E-state index in [1.807, 2.05) is 19.1 Å². The van der Waals surface area contributed by atoms with E-state index in [-0.39, 0.29) is 27.1 Å². The maximum atomic E-state index is 12.8. The molecule has 5 nitrogen and oxygen atoms in total. The van der Waals surface area contributed by atoms with Gasteiger partial charge in [-0.1, -0.05) is 46.9 Å². The number of carbonyl (C=O) groups excluding carboxylic acids is 1. The van der Waals surface area contributed by atoms with E-state index in [2.05, 4.69) is 0 Å². The summed E-state index contributed by atoms with van der Waals surface area (Å²) in [5, 5.41) is 19.7. The van der Waals surface area contributed by atoms with Crippen molar-refractivity contribution < 1.29 is 25.3 Å². The van der Waals surface area contributed by atoms with Gasteiger partial charge in [-0.3, -0.25) is 14.7 Å². The van der Waals surface area contributed by atoms with Gasteiger partial charge in [0, 0.05) is 17.5 Å². The van der Waals surface area contributed by atoms with Crippen molar-refractivity contribution in [2.24, 2.45) is 0 Å². The topological polar surface area (TPSA) is 106 Å². The first-order valence-corrected chi connectivity index (χ1v) is 8.39. The SMILES string of the molecule is CC(=O)O.CC1(c2ccc(Cl)cc2)Cc2cc([O])c(Cl)c(Cl)c2C1=O.O. The van der Waals surface area contributed by atoms with Crippen molar-refractivity contribution >= 4 is 46.6 Å². The van der Waals surface area contributed by atoms with E-state index < -0.39 is 11.4 Å². The second kappa shape index (κ2) is 8.27. The molecule has 1 aliphatic carbocycles. The summed E-state index contributed by atoms with van der Waals surface area (Å²) in [5.74, 6) is -1.31. The van der Waals surface area contributed by atoms with Crippen molar-refractivity contribution in [3.05, 3.63) is 62.1 Å². The van der Waals surface area contributed by atoms with E-state index in [0.29, 0.717) is 22.6 Å². The van der Waals surface area contributed by atoms with Crippen LogP contribution in [0.1, 0.15) is 35.3 Å². The summed E-state index contributed by atoms with van der Waals surface area (Å²) in [4.78, 5) is 21.8. The molecule has 0 fully saturated rings. The Hall–Kier alpha value is -1.79. The lowest BCUT2D eigenvalue weighted by molar-refractivity contribution is -0.134. The highest BCUT2D eigenvalue weighted by atomic mass is 35.5. The Morgan fingerprint density at radius 1 is 1.12 bits per heavy atom. The van der Waals surface area contributed by atoms with Gasteiger partial charge in [-0.25, -0.2) is 0 Å². The summed E-state index contributed by atoms with van der Waals surface area (Å²) in [6.07, 6.45) is 0.426. The molecule has 0 heterocycles. The molecule has 26 heavy (non-hydrogen) atoms. The molecule has 1 atom stereocenters. The molecule has 3 N–H and O–H groups in total. The molecule has 2 aromatic carbocycles. The quantitative estimate of drug-likeness (QED) is 0.722. The van der Waals surface area contributed by atoms with Crippen LogP contribution in [0.2, 0.25) is 15.1 Å². The van der Waals surface area contributed by atoms with Crippen molar-refractivity contribution in [1.82, 2.24) is 0 Å². The molecule has 1 unspecified atom stereocenters. The molecule has 1 radical (unpaired) electrons. The van der Waals surface area contributed by atoms with Crippen molar-refractivity contribution in [2.75, 3.05) is 0 Å². The van der Waals surface area contributed by atoms with Crippen molar-refractivity contribution in [3.63, 3.8) is 0 Å². The number of carboxylic acid groups (broad SMARTS) is 1. The molecule has 0 aromatic heterocycles. The number of rotatable bonds is 1. The van der Waals surface area contributed by atoms with Crippen LogP contribution in [0.25, 0.3) is 0 Å². The number of Topliss-reactive ketones (excluding diaryl/α,β-unsaturated/α-hetero) is 1. The Labute approximate surface area is 165 Å². The van der Waals surface area contributed by atoms with E-state index in [0.717, 1.165) is 12.5 Å². The summed E-state index contributed by atoms with van der Waals surface area (Å²) in [6.45, 7) is 2.92. The molecule has 139 valence electrons. The first-order chi connectivity index (χ1) is 11.6. The van der Waals surface area contributed by atoms with Gasteiger partial charge >= 0.3 is 0 Å². The molecule has 0 saturated carbocycles. The predicted molar refractivity (Wildman–Crippen MR) is 100 cm³/mol. The average Bonchev–Trinajstić information content (AvgIpc) is 2.77. The zero-order valence-electron chi connectivity index (χ0n) is 13.9. The summed E-state index contributed by atoms with van der Waals surface area (Å²) in [7, 11) is 0. The van der Waals surface area contributed by atoms with E-state index in [1.54, 1.807) is 12.1 Å². The number of ketones is 1. The van der Waals surface area contributed by atoms with Gasteiger partial charge in [-0.05, 0) is 42.7 Å². The highest BCUT2D eigenvalue weighted by molar-refractivity contribution is 6.45. The Morgan fingerprint density at radius 3 is 2.12 bits per heavy atom. The predicted octanol–water partition coefficient (Wildman–Crippen LogP) is 4.75. The van der Waals surface area contributed by atoms with E-state index in [9.17, 15) is 9.90 Å². The van der Waals surface area contributed by atoms with Crippen LogP contribution >= 0.6 is 34.8 Å². The van der Waals surface area contributed by atoms with Crippen LogP contribution in [0, 0.1) is 0 Å². The first kappa shape index (κ1) is 22.3. The van der Waals surface area contributed by atoms with E-state index >= 15 is 0 Å². The van der Waals surface area contributed by atoms with Crippen LogP contribution < -0.4 is 0 Å². The summed E-state index contributed by atoms with van der Waals surface area (Å²) in [6, 6.07) is 8.53. The normalized spacial score (nSPS) is 17.7. The van der Waals surface area contributed by atoms with E-state index in [4.69, 9.17) is 44.7 Å². The number of halogens is 3. The highest BCUT2D eigenvalue weighted by Gasteiger charge is 2.45. The monoisotopic (exact) mass is 417 g/mol. The molecular weight excluding hydrogens is 403 g/mol. The minimum atomic E-state index is -0.833. The van der Waals surface area contributed by atoms with Crippen LogP contribution in [0.3, 0.4) is 0 Å². The standard InChI is InChI=1S/C16H10Cl3O2.C2H4O2.H2O/c1-16(9-2-4-10(17)5-3-9)7-8-6-11(20)13(18)14(19)12(8)15(16)21;1-2(3)4;/h2-6H,7H2,1H3;1H3,(H,3,4);1H2. The van der Waals surface area contributed by atoms with E-state index in [1.165, 1.54) is 6.07 Å². The van der Waals surface area contributed by atoms with Gasteiger partial charge < -0.3 is 10.6 Å². The lowest BCUT2D eigenvalue weighted by Gasteiger charge is -2.22. The molecular formula is C18H16Cl3O5. The Balaban J connectivity index is 0.000000616. The largest absolute Gasteiger partial charge is 0.481 e. The molecule has 0 amide bonds. The number of fused-ring (bicyclic) bond motifs is 1. The minimum Gasteiger partial charge on any atom is -0.481 e. The van der Waals surface area contributed by atoms with Crippen LogP contribution in [-0.4, -0.2) is 22.3 Å². The number of carboxylic acids is 1. The molecule has 0 saturated heterocycles. The number of carbonyl (C=O) groups is 2. The zero-order valence-corrected chi connectivity index (χ0v) is 16.2. The molecule has 0 aliphatic heterocycles. The Morgan fingerprint density at radius 2 is 1.62 bits per heavy atom. The Bertz CT molecular complexity index is 845. The smallest absolute Gasteiger partial charge is 0.300 e. The maximum Gasteiger partial charge on any atom is 0.300 e. The third-order valence-electron chi connectivity index (χ3n) is 4.01. The van der Waals surface area contributed by atoms with Crippen molar-refractivity contribution in [2.45, 2.75) is 25.7 Å². The molecule has 0 bridgehead atoms. The fraction of sp³-hybridized carbons (Fsp3) is 0.222. The molecule has 0 spiro atoms. The third kappa shape index (κ3) is 4.13. The van der Waals surface area contributed by atoms with Crippen molar-refractivity contribution in [1.29, 1.82) is 0 Å². The second-order valence-electron chi connectivity index (χ2n) is 5.90. The number of benzene rings is 2. The van der Waals surface area contributed by atoms with Crippen LogP contribution in [-0.2, 0) is 21.7 Å². The maximum absolute atomic E-state index is 12.8. The molecule has 1 aliphatic rings. The summed E-state index contributed by atoms with van der Waals surface area (Å²) < 4.78 is 0.